The average molecular weight is 405 g/mol. The Hall–Kier alpha value is -1.38. The van der Waals surface area contributed by atoms with Gasteiger partial charge in [0, 0.05) is 13.7 Å². The molecule has 1 aliphatic rings. The summed E-state index contributed by atoms with van der Waals surface area (Å²) < 4.78 is 69.8. The van der Waals surface area contributed by atoms with Crippen molar-refractivity contribution in [3.8, 4) is 0 Å². The van der Waals surface area contributed by atoms with E-state index in [4.69, 9.17) is 4.74 Å². The minimum Gasteiger partial charge on any atom is -0.383 e. The average Bonchev–Trinajstić information content (AvgIpc) is 2.59. The van der Waals surface area contributed by atoms with E-state index in [0.717, 1.165) is 38.0 Å². The van der Waals surface area contributed by atoms with E-state index in [0.29, 0.717) is 18.2 Å². The van der Waals surface area contributed by atoms with Crippen molar-refractivity contribution in [3.05, 3.63) is 42.0 Å². The minimum atomic E-state index is -4.89. The highest BCUT2D eigenvalue weighted by molar-refractivity contribution is 7.92. The third kappa shape index (κ3) is 4.92. The first-order chi connectivity index (χ1) is 12.6. The summed E-state index contributed by atoms with van der Waals surface area (Å²) in [5, 5.41) is -2.60. The lowest BCUT2D eigenvalue weighted by Gasteiger charge is -2.33. The van der Waals surface area contributed by atoms with Crippen molar-refractivity contribution in [1.29, 1.82) is 0 Å². The Labute approximate surface area is 158 Å². The molecule has 1 unspecified atom stereocenters. The van der Waals surface area contributed by atoms with E-state index in [2.05, 4.69) is 11.5 Å². The fraction of sp³-hybridized carbons (Fsp3) is 0.579. The van der Waals surface area contributed by atoms with Crippen LogP contribution in [0.3, 0.4) is 0 Å². The van der Waals surface area contributed by atoms with Crippen molar-refractivity contribution in [2.45, 2.75) is 42.0 Å². The molecule has 0 saturated carbocycles. The molecule has 1 aromatic rings. The van der Waals surface area contributed by atoms with Crippen molar-refractivity contribution in [2.24, 2.45) is 0 Å². The van der Waals surface area contributed by atoms with E-state index in [9.17, 15) is 21.6 Å². The number of rotatable bonds is 7. The van der Waals surface area contributed by atoms with Gasteiger partial charge in [-0.2, -0.15) is 13.2 Å². The highest BCUT2D eigenvalue weighted by Crippen LogP contribution is 2.36. The van der Waals surface area contributed by atoms with Crippen molar-refractivity contribution in [1.82, 2.24) is 4.90 Å². The first kappa shape index (κ1) is 21.9. The molecule has 0 bridgehead atoms. The molecule has 1 aromatic carbocycles. The predicted molar refractivity (Wildman–Crippen MR) is 98.7 cm³/mol. The van der Waals surface area contributed by atoms with Crippen LogP contribution < -0.4 is 0 Å². The number of ether oxygens (including phenoxy) is 1. The van der Waals surface area contributed by atoms with Crippen molar-refractivity contribution in [3.63, 3.8) is 0 Å². The van der Waals surface area contributed by atoms with Crippen LogP contribution in [-0.4, -0.2) is 58.1 Å². The maximum atomic E-state index is 13.2. The largest absolute Gasteiger partial charge is 0.409 e. The Kier molecular flexibility index (Phi) is 7.10. The van der Waals surface area contributed by atoms with Gasteiger partial charge >= 0.3 is 6.18 Å². The van der Waals surface area contributed by atoms with Crippen molar-refractivity contribution >= 4 is 9.84 Å². The molecule has 27 heavy (non-hydrogen) atoms. The first-order valence-electron chi connectivity index (χ1n) is 8.87. The van der Waals surface area contributed by atoms with E-state index < -0.39 is 21.3 Å². The smallest absolute Gasteiger partial charge is 0.383 e. The normalized spacial score (nSPS) is 18.4. The van der Waals surface area contributed by atoms with Gasteiger partial charge in [-0.05, 0) is 56.0 Å². The number of hydrogen-bond acceptors (Lipinski definition) is 4. The molecule has 0 spiro atoms. The van der Waals surface area contributed by atoms with Gasteiger partial charge in [-0.15, -0.1) is 6.58 Å². The van der Waals surface area contributed by atoms with E-state index in [1.807, 2.05) is 6.07 Å². The van der Waals surface area contributed by atoms with Crippen LogP contribution in [0, 0.1) is 6.92 Å². The fourth-order valence-corrected chi connectivity index (χ4v) is 5.33. The van der Waals surface area contributed by atoms with Gasteiger partial charge in [-0.25, -0.2) is 8.42 Å². The second-order valence-corrected chi connectivity index (χ2v) is 8.86. The zero-order chi connectivity index (χ0) is 20.2. The quantitative estimate of drug-likeness (QED) is 0.649. The zero-order valence-electron chi connectivity index (χ0n) is 15.6. The second-order valence-electron chi connectivity index (χ2n) is 6.82. The van der Waals surface area contributed by atoms with Gasteiger partial charge in [0.1, 0.15) is 0 Å². The Bertz CT molecular complexity index is 754. The monoisotopic (exact) mass is 405 g/mol. The molecule has 0 aromatic heterocycles. The van der Waals surface area contributed by atoms with Gasteiger partial charge in [0.05, 0.1) is 11.5 Å². The molecule has 152 valence electrons. The SMILES string of the molecule is C=CC(C(F)(F)F)S(=O)(=O)c1cccc(C2CCN(CCOC)CC2)c1C. The summed E-state index contributed by atoms with van der Waals surface area (Å²) in [5.41, 5.74) is 1.22. The van der Waals surface area contributed by atoms with E-state index in [-0.39, 0.29) is 10.8 Å². The third-order valence-electron chi connectivity index (χ3n) is 5.14. The topological polar surface area (TPSA) is 46.6 Å². The highest BCUT2D eigenvalue weighted by Gasteiger charge is 2.47. The van der Waals surface area contributed by atoms with Gasteiger partial charge in [0.15, 0.2) is 15.1 Å². The van der Waals surface area contributed by atoms with Crippen LogP contribution in [0.1, 0.15) is 29.9 Å². The molecule has 2 rings (SSSR count). The molecule has 1 fully saturated rings. The van der Waals surface area contributed by atoms with E-state index >= 15 is 0 Å². The standard InChI is InChI=1S/C19H26F3NO3S/c1-4-18(19(20,21)22)27(24,25)17-7-5-6-16(14(17)2)15-8-10-23(11-9-15)12-13-26-3/h4-7,15,18H,1,8-13H2,2-3H3. The van der Waals surface area contributed by atoms with Gasteiger partial charge in [0.2, 0.25) is 0 Å². The molecule has 0 amide bonds. The maximum Gasteiger partial charge on any atom is 0.409 e. The number of methoxy groups -OCH3 is 1. The van der Waals surface area contributed by atoms with Crippen LogP contribution in [0.15, 0.2) is 35.7 Å². The Morgan fingerprint density at radius 1 is 1.33 bits per heavy atom. The van der Waals surface area contributed by atoms with Crippen LogP contribution in [-0.2, 0) is 14.6 Å². The number of benzene rings is 1. The number of hydrogen-bond donors (Lipinski definition) is 0. The number of likely N-dealkylation sites (tertiary alicyclic amines) is 1. The number of nitrogens with zero attached hydrogens (tertiary/aromatic N) is 1. The van der Waals surface area contributed by atoms with Gasteiger partial charge in [-0.3, -0.25) is 0 Å². The number of alkyl halides is 3. The highest BCUT2D eigenvalue weighted by atomic mass is 32.2. The van der Waals surface area contributed by atoms with Crippen LogP contribution in [0.4, 0.5) is 13.2 Å². The Morgan fingerprint density at radius 2 is 1.96 bits per heavy atom. The number of halogens is 3. The molecular formula is C19H26F3NO3S. The summed E-state index contributed by atoms with van der Waals surface area (Å²) in [6.07, 6.45) is -2.78. The molecule has 8 heteroatoms. The lowest BCUT2D eigenvalue weighted by Crippen LogP contribution is -2.36. The van der Waals surface area contributed by atoms with Crippen molar-refractivity contribution < 1.29 is 26.3 Å². The lowest BCUT2D eigenvalue weighted by atomic mass is 9.87. The molecule has 0 aliphatic carbocycles. The summed E-state index contributed by atoms with van der Waals surface area (Å²) in [4.78, 5) is 2.01. The van der Waals surface area contributed by atoms with Crippen molar-refractivity contribution in [2.75, 3.05) is 33.4 Å². The number of piperidine rings is 1. The first-order valence-corrected chi connectivity index (χ1v) is 10.4. The lowest BCUT2D eigenvalue weighted by molar-refractivity contribution is -0.121. The zero-order valence-corrected chi connectivity index (χ0v) is 16.4. The molecule has 1 atom stereocenters. The summed E-state index contributed by atoms with van der Waals surface area (Å²) in [6, 6.07) is 4.60. The summed E-state index contributed by atoms with van der Waals surface area (Å²) >= 11 is 0. The molecule has 1 aliphatic heterocycles. The summed E-state index contributed by atoms with van der Waals surface area (Å²) in [6.45, 7) is 7.86. The molecular weight excluding hydrogens is 379 g/mol. The van der Waals surface area contributed by atoms with Crippen LogP contribution in [0.25, 0.3) is 0 Å². The Morgan fingerprint density at radius 3 is 2.48 bits per heavy atom. The number of sulfone groups is 1. The summed E-state index contributed by atoms with van der Waals surface area (Å²) in [5.74, 6) is 0.131. The van der Waals surface area contributed by atoms with Gasteiger partial charge in [-0.1, -0.05) is 18.2 Å². The third-order valence-corrected chi connectivity index (χ3v) is 7.33. The van der Waals surface area contributed by atoms with Crippen LogP contribution in [0.2, 0.25) is 0 Å². The van der Waals surface area contributed by atoms with Gasteiger partial charge < -0.3 is 9.64 Å². The predicted octanol–water partition coefficient (Wildman–Crippen LogP) is 3.71. The Balaban J connectivity index is 2.28. The van der Waals surface area contributed by atoms with Crippen LogP contribution >= 0.6 is 0 Å². The minimum absolute atomic E-state index is 0.131. The van der Waals surface area contributed by atoms with E-state index in [1.165, 1.54) is 12.1 Å². The molecule has 1 heterocycles. The maximum absolute atomic E-state index is 13.2. The van der Waals surface area contributed by atoms with Crippen LogP contribution in [0.5, 0.6) is 0 Å². The fourth-order valence-electron chi connectivity index (χ4n) is 3.64. The molecule has 0 N–H and O–H groups in total. The van der Waals surface area contributed by atoms with E-state index in [1.54, 1.807) is 14.0 Å². The molecule has 4 nitrogen and oxygen atoms in total. The van der Waals surface area contributed by atoms with Gasteiger partial charge in [0.25, 0.3) is 0 Å². The molecule has 1 saturated heterocycles. The summed E-state index contributed by atoms with van der Waals surface area (Å²) in [7, 11) is -2.94. The second kappa shape index (κ2) is 8.75. The molecule has 0 radical (unpaired) electrons.